The summed E-state index contributed by atoms with van der Waals surface area (Å²) >= 11 is 0. The Balaban J connectivity index is 2.17. The van der Waals surface area contributed by atoms with Crippen LogP contribution < -0.4 is 5.32 Å². The maximum atomic E-state index is 13.5. The predicted octanol–water partition coefficient (Wildman–Crippen LogP) is 3.21. The zero-order valence-electron chi connectivity index (χ0n) is 11.2. The molecule has 0 amide bonds. The normalized spacial score (nSPS) is 12.5. The van der Waals surface area contributed by atoms with E-state index in [4.69, 9.17) is 0 Å². The largest absolute Gasteiger partial charge is 0.394 e. The van der Waals surface area contributed by atoms with Crippen LogP contribution in [0.1, 0.15) is 17.2 Å². The average Bonchev–Trinajstić information content (AvgIpc) is 2.48. The summed E-state index contributed by atoms with van der Waals surface area (Å²) in [4.78, 5) is 0. The van der Waals surface area contributed by atoms with Crippen molar-refractivity contribution in [2.75, 3.05) is 6.61 Å². The fourth-order valence-corrected chi connectivity index (χ4v) is 1.98. The third-order valence-corrected chi connectivity index (χ3v) is 3.14. The molecule has 2 nitrogen and oxygen atoms in total. The van der Waals surface area contributed by atoms with Crippen LogP contribution in [-0.2, 0) is 6.54 Å². The Kier molecular flexibility index (Phi) is 5.10. The van der Waals surface area contributed by atoms with Gasteiger partial charge in [-0.15, -0.1) is 0 Å². The lowest BCUT2D eigenvalue weighted by Gasteiger charge is -2.17. The molecular weight excluding hydrogens is 305 g/mol. The highest BCUT2D eigenvalue weighted by Gasteiger charge is 2.17. The van der Waals surface area contributed by atoms with Crippen LogP contribution >= 0.6 is 0 Å². The van der Waals surface area contributed by atoms with Crippen LogP contribution in [0.5, 0.6) is 0 Å². The van der Waals surface area contributed by atoms with Gasteiger partial charge in [-0.05, 0) is 35.9 Å². The summed E-state index contributed by atoms with van der Waals surface area (Å²) in [6.07, 6.45) is 0. The minimum atomic E-state index is -1.61. The van der Waals surface area contributed by atoms with E-state index in [1.54, 1.807) is 0 Å². The SMILES string of the molecule is OCC(NCc1cc(F)ccc1F)c1cc(F)c(F)c(F)c1. The van der Waals surface area contributed by atoms with E-state index in [0.29, 0.717) is 0 Å². The minimum Gasteiger partial charge on any atom is -0.394 e. The first-order chi connectivity index (χ1) is 10.4. The van der Waals surface area contributed by atoms with Crippen molar-refractivity contribution < 1.29 is 27.1 Å². The Morgan fingerprint density at radius 1 is 0.909 bits per heavy atom. The van der Waals surface area contributed by atoms with Crippen molar-refractivity contribution in [1.29, 1.82) is 0 Å². The second kappa shape index (κ2) is 6.85. The summed E-state index contributed by atoms with van der Waals surface area (Å²) in [5.41, 5.74) is -0.0581. The van der Waals surface area contributed by atoms with Gasteiger partial charge in [0.05, 0.1) is 12.6 Å². The van der Waals surface area contributed by atoms with Crippen LogP contribution in [-0.4, -0.2) is 11.7 Å². The molecule has 2 aromatic rings. The van der Waals surface area contributed by atoms with Crippen LogP contribution in [0.15, 0.2) is 30.3 Å². The Morgan fingerprint density at radius 3 is 2.14 bits per heavy atom. The first-order valence-electron chi connectivity index (χ1n) is 6.35. The highest BCUT2D eigenvalue weighted by Crippen LogP contribution is 2.20. The number of nitrogens with one attached hydrogen (secondary N) is 1. The summed E-state index contributed by atoms with van der Waals surface area (Å²) in [6, 6.07) is 3.35. The number of rotatable bonds is 5. The molecule has 1 unspecified atom stereocenters. The number of aliphatic hydroxyl groups is 1. The molecule has 0 spiro atoms. The molecule has 0 fully saturated rings. The van der Waals surface area contributed by atoms with Gasteiger partial charge in [0.1, 0.15) is 11.6 Å². The molecule has 118 valence electrons. The van der Waals surface area contributed by atoms with E-state index in [9.17, 15) is 27.1 Å². The first kappa shape index (κ1) is 16.4. The van der Waals surface area contributed by atoms with E-state index in [-0.39, 0.29) is 17.7 Å². The second-order valence-corrected chi connectivity index (χ2v) is 4.65. The summed E-state index contributed by atoms with van der Waals surface area (Å²) < 4.78 is 65.8. The van der Waals surface area contributed by atoms with Crippen molar-refractivity contribution in [2.45, 2.75) is 12.6 Å². The number of hydrogen-bond donors (Lipinski definition) is 2. The summed E-state index contributed by atoms with van der Waals surface area (Å²) in [5, 5.41) is 11.9. The molecule has 0 aliphatic heterocycles. The molecule has 2 aromatic carbocycles. The molecule has 0 heterocycles. The Labute approximate surface area is 123 Å². The van der Waals surface area contributed by atoms with Gasteiger partial charge < -0.3 is 10.4 Å². The van der Waals surface area contributed by atoms with Gasteiger partial charge in [-0.25, -0.2) is 22.0 Å². The maximum absolute atomic E-state index is 13.5. The fourth-order valence-electron chi connectivity index (χ4n) is 1.98. The number of benzene rings is 2. The van der Waals surface area contributed by atoms with E-state index >= 15 is 0 Å². The number of aliphatic hydroxyl groups excluding tert-OH is 1. The number of halogens is 5. The average molecular weight is 317 g/mol. The van der Waals surface area contributed by atoms with Gasteiger partial charge in [0, 0.05) is 12.1 Å². The van der Waals surface area contributed by atoms with E-state index in [1.165, 1.54) is 0 Å². The number of hydrogen-bond acceptors (Lipinski definition) is 2. The highest BCUT2D eigenvalue weighted by atomic mass is 19.2. The summed E-state index contributed by atoms with van der Waals surface area (Å²) in [6.45, 7) is -0.753. The van der Waals surface area contributed by atoms with Crippen molar-refractivity contribution in [3.05, 3.63) is 70.5 Å². The van der Waals surface area contributed by atoms with Gasteiger partial charge in [-0.1, -0.05) is 0 Å². The molecule has 0 aliphatic carbocycles. The minimum absolute atomic E-state index is 0.0125. The van der Waals surface area contributed by atoms with E-state index in [2.05, 4.69) is 5.32 Å². The van der Waals surface area contributed by atoms with Crippen LogP contribution in [0, 0.1) is 29.1 Å². The first-order valence-corrected chi connectivity index (χ1v) is 6.35. The van der Waals surface area contributed by atoms with Gasteiger partial charge in [0.2, 0.25) is 0 Å². The summed E-state index contributed by atoms with van der Waals surface area (Å²) in [7, 11) is 0. The Hall–Kier alpha value is -1.99. The lowest BCUT2D eigenvalue weighted by Crippen LogP contribution is -2.25. The van der Waals surface area contributed by atoms with Gasteiger partial charge in [-0.2, -0.15) is 0 Å². The topological polar surface area (TPSA) is 32.3 Å². The van der Waals surface area contributed by atoms with E-state index in [1.807, 2.05) is 0 Å². The van der Waals surface area contributed by atoms with Gasteiger partial charge in [-0.3, -0.25) is 0 Å². The molecule has 22 heavy (non-hydrogen) atoms. The van der Waals surface area contributed by atoms with Crippen LogP contribution in [0.25, 0.3) is 0 Å². The molecule has 7 heteroatoms. The smallest absolute Gasteiger partial charge is 0.194 e. The Bertz CT molecular complexity index is 654. The molecule has 0 saturated carbocycles. The second-order valence-electron chi connectivity index (χ2n) is 4.65. The molecule has 1 atom stereocenters. The monoisotopic (exact) mass is 317 g/mol. The molecular formula is C15H12F5NO. The molecule has 0 aliphatic rings. The van der Waals surface area contributed by atoms with Crippen molar-refractivity contribution in [2.24, 2.45) is 0 Å². The van der Waals surface area contributed by atoms with Crippen LogP contribution in [0.3, 0.4) is 0 Å². The van der Waals surface area contributed by atoms with E-state index in [0.717, 1.165) is 30.3 Å². The fraction of sp³-hybridized carbons (Fsp3) is 0.200. The van der Waals surface area contributed by atoms with E-state index < -0.39 is 41.7 Å². The van der Waals surface area contributed by atoms with Gasteiger partial charge in [0.25, 0.3) is 0 Å². The van der Waals surface area contributed by atoms with Crippen LogP contribution in [0.4, 0.5) is 22.0 Å². The highest BCUT2D eigenvalue weighted by molar-refractivity contribution is 5.24. The Morgan fingerprint density at radius 2 is 1.55 bits per heavy atom. The molecule has 0 aromatic heterocycles. The zero-order chi connectivity index (χ0) is 16.3. The molecule has 0 radical (unpaired) electrons. The summed E-state index contributed by atoms with van der Waals surface area (Å²) in [5.74, 6) is -5.71. The molecule has 2 rings (SSSR count). The lowest BCUT2D eigenvalue weighted by atomic mass is 10.1. The van der Waals surface area contributed by atoms with Gasteiger partial charge >= 0.3 is 0 Å². The lowest BCUT2D eigenvalue weighted by molar-refractivity contribution is 0.242. The maximum Gasteiger partial charge on any atom is 0.194 e. The molecule has 0 saturated heterocycles. The standard InChI is InChI=1S/C15H12F5NO/c16-10-1-2-11(17)9(3-10)6-21-14(7-22)8-4-12(18)15(20)13(19)5-8/h1-5,14,21-22H,6-7H2. The quantitative estimate of drug-likeness (QED) is 0.656. The van der Waals surface area contributed by atoms with Crippen molar-refractivity contribution in [1.82, 2.24) is 5.32 Å². The molecule has 2 N–H and O–H groups in total. The van der Waals surface area contributed by atoms with Crippen molar-refractivity contribution >= 4 is 0 Å². The third-order valence-electron chi connectivity index (χ3n) is 3.14. The van der Waals surface area contributed by atoms with Crippen molar-refractivity contribution in [3.8, 4) is 0 Å². The molecule has 0 bridgehead atoms. The zero-order valence-corrected chi connectivity index (χ0v) is 11.2. The third kappa shape index (κ3) is 3.61. The van der Waals surface area contributed by atoms with Crippen LogP contribution in [0.2, 0.25) is 0 Å². The van der Waals surface area contributed by atoms with Gasteiger partial charge in [0.15, 0.2) is 17.5 Å². The van der Waals surface area contributed by atoms with Crippen molar-refractivity contribution in [3.63, 3.8) is 0 Å². The predicted molar refractivity (Wildman–Crippen MR) is 69.3 cm³/mol.